The molecule has 0 amide bonds. The summed E-state index contributed by atoms with van der Waals surface area (Å²) in [5, 5.41) is 167. The maximum absolute atomic E-state index is 14.8. The van der Waals surface area contributed by atoms with Crippen LogP contribution in [0.2, 0.25) is 0 Å². The molecular formula is C51H52O28. The predicted octanol–water partition coefficient (Wildman–Crippen LogP) is -1.89. The predicted molar refractivity (Wildman–Crippen MR) is 260 cm³/mol. The minimum atomic E-state index is -2.21. The molecule has 15 atom stereocenters. The fraction of sp³-hybridized carbons (Fsp3) is 0.353. The van der Waals surface area contributed by atoms with Crippen molar-refractivity contribution in [3.05, 3.63) is 100 Å². The summed E-state index contributed by atoms with van der Waals surface area (Å²) in [6, 6.07) is 11.9. The quantitative estimate of drug-likeness (QED) is 0.0292. The highest BCUT2D eigenvalue weighted by Gasteiger charge is 2.53. The number of hydrogen-bond acceptors (Lipinski definition) is 28. The van der Waals surface area contributed by atoms with E-state index in [1.807, 2.05) is 0 Å². The molecule has 0 bridgehead atoms. The largest absolute Gasteiger partial charge is 0.507 e. The molecule has 79 heavy (non-hydrogen) atoms. The number of aliphatic hydroxyl groups is 9. The van der Waals surface area contributed by atoms with E-state index in [0.717, 1.165) is 72.8 Å². The van der Waals surface area contributed by atoms with E-state index >= 15 is 0 Å². The van der Waals surface area contributed by atoms with Crippen LogP contribution in [0.5, 0.6) is 51.7 Å². The minimum absolute atomic E-state index is 0.182. The molecule has 28 nitrogen and oxygen atoms in total. The summed E-state index contributed by atoms with van der Waals surface area (Å²) in [5.41, 5.74) is -1.69. The van der Waals surface area contributed by atoms with Crippen LogP contribution in [0.25, 0.3) is 34.4 Å². The molecule has 3 fully saturated rings. The SMILES string of the molecule is O=C(/C=C\c1ccc(O)c(O)c1)O[C@H]1[C@H](O[C@H]2[C@H](Oc3c(-c4ccc(O)c(O)c4)oc4cc(O[C@@H]5O[C@H](CO)[C@@H](O)[C@H](O)[C@H]5OC(=O)/C=C/c5ccc(O)c(O)c5)cc(O)c4c3=O)O[C@H](CO)[C@@H](O)[C@@H]2O)O[C@H](CO)[C@@H](O)[C@@H]1O. The zero-order valence-corrected chi connectivity index (χ0v) is 40.5. The molecular weight excluding hydrogens is 1060 g/mol. The van der Waals surface area contributed by atoms with Crippen LogP contribution in [0.4, 0.5) is 0 Å². The molecule has 0 unspecified atom stereocenters. The second kappa shape index (κ2) is 24.1. The summed E-state index contributed by atoms with van der Waals surface area (Å²) >= 11 is 0. The monoisotopic (exact) mass is 1110 g/mol. The van der Waals surface area contributed by atoms with Gasteiger partial charge in [0.15, 0.2) is 64.9 Å². The Labute approximate surface area is 443 Å². The van der Waals surface area contributed by atoms with Crippen LogP contribution in [0.3, 0.4) is 0 Å². The third-order valence-corrected chi connectivity index (χ3v) is 12.7. The summed E-state index contributed by atoms with van der Waals surface area (Å²) in [6.07, 6.45) is -25.5. The number of phenolic OH excluding ortho intramolecular Hbond substituents is 7. The molecule has 0 radical (unpaired) electrons. The Morgan fingerprint density at radius 1 is 0.494 bits per heavy atom. The number of ether oxygens (including phenoxy) is 8. The van der Waals surface area contributed by atoms with Crippen molar-refractivity contribution in [2.45, 2.75) is 92.1 Å². The average molecular weight is 1110 g/mol. The molecule has 424 valence electrons. The van der Waals surface area contributed by atoms with Gasteiger partial charge in [0, 0.05) is 29.8 Å². The standard InChI is InChI=1S/C51H52O28/c52-16-31-37(64)41(68)46(76-34(62)9-3-19-1-6-23(55)26(58)11-19)49(73-31)71-22-14-29(61)36-30(15-22)72-44(21-5-8-25(57)28(60)13-21)45(40(36)67)78-51-48(43(70)39(66)33(18-54)75-51)79-50-47(42(69)38(65)32(17-53)74-50)77-35(63)10-4-20-2-7-24(56)27(59)12-20/h1-15,31-33,37-39,41-43,46-61,64-66,68-70H,16-18H2/b9-3+,10-4-/t31-,32-,33-,37-,38-,39-,41+,42+,43+,46-,47-,48-,49-,50+,51+/m1/s1. The maximum Gasteiger partial charge on any atom is 0.331 e. The molecule has 8 rings (SSSR count). The normalized spacial score (nSPS) is 29.2. The van der Waals surface area contributed by atoms with Gasteiger partial charge in [0.1, 0.15) is 77.4 Å². The number of aromatic hydroxyl groups is 7. The van der Waals surface area contributed by atoms with Gasteiger partial charge < -0.3 is 124 Å². The molecule has 0 aliphatic carbocycles. The lowest BCUT2D eigenvalue weighted by Crippen LogP contribution is -2.65. The number of carbonyl (C=O) groups excluding carboxylic acids is 2. The minimum Gasteiger partial charge on any atom is -0.507 e. The van der Waals surface area contributed by atoms with Crippen molar-refractivity contribution in [3.8, 4) is 63.1 Å². The lowest BCUT2D eigenvalue weighted by atomic mass is 9.97. The molecule has 3 aliphatic heterocycles. The van der Waals surface area contributed by atoms with Gasteiger partial charge in [-0.3, -0.25) is 4.79 Å². The Morgan fingerprint density at radius 3 is 1.42 bits per heavy atom. The van der Waals surface area contributed by atoms with Crippen molar-refractivity contribution in [1.29, 1.82) is 0 Å². The van der Waals surface area contributed by atoms with Crippen molar-refractivity contribution in [2.24, 2.45) is 0 Å². The molecule has 5 aromatic rings. The molecule has 3 aliphatic rings. The Hall–Kier alpha value is -7.81. The van der Waals surface area contributed by atoms with E-state index in [2.05, 4.69) is 0 Å². The van der Waals surface area contributed by atoms with Crippen molar-refractivity contribution in [3.63, 3.8) is 0 Å². The van der Waals surface area contributed by atoms with Crippen LogP contribution in [0.15, 0.2) is 88.1 Å². The molecule has 4 aromatic carbocycles. The second-order valence-electron chi connectivity index (χ2n) is 18.0. The van der Waals surface area contributed by atoms with Crippen LogP contribution in [0.1, 0.15) is 11.1 Å². The van der Waals surface area contributed by atoms with E-state index in [4.69, 9.17) is 42.3 Å². The molecule has 4 heterocycles. The van der Waals surface area contributed by atoms with Crippen LogP contribution < -0.4 is 14.9 Å². The smallest absolute Gasteiger partial charge is 0.331 e. The van der Waals surface area contributed by atoms with Gasteiger partial charge in [0.2, 0.25) is 23.8 Å². The fourth-order valence-electron chi connectivity index (χ4n) is 8.52. The Balaban J connectivity index is 1.14. The third-order valence-electron chi connectivity index (χ3n) is 12.7. The summed E-state index contributed by atoms with van der Waals surface area (Å²) in [5.74, 6) is -8.79. The van der Waals surface area contributed by atoms with Gasteiger partial charge in [-0.05, 0) is 65.7 Å². The first-order chi connectivity index (χ1) is 37.6. The molecule has 0 saturated carbocycles. The summed E-state index contributed by atoms with van der Waals surface area (Å²) in [7, 11) is 0. The van der Waals surface area contributed by atoms with E-state index in [9.17, 15) is 96.1 Å². The van der Waals surface area contributed by atoms with Crippen molar-refractivity contribution in [2.75, 3.05) is 19.8 Å². The highest BCUT2D eigenvalue weighted by molar-refractivity contribution is 5.89. The van der Waals surface area contributed by atoms with Gasteiger partial charge in [0.05, 0.1) is 19.8 Å². The van der Waals surface area contributed by atoms with Gasteiger partial charge in [-0.2, -0.15) is 0 Å². The topological polar surface area (TPSA) is 462 Å². The lowest BCUT2D eigenvalue weighted by molar-refractivity contribution is -0.358. The Bertz CT molecular complexity index is 3140. The number of aliphatic hydroxyl groups excluding tert-OH is 9. The second-order valence-corrected chi connectivity index (χ2v) is 18.0. The number of esters is 2. The Kier molecular flexibility index (Phi) is 17.5. The van der Waals surface area contributed by atoms with E-state index in [1.54, 1.807) is 0 Å². The van der Waals surface area contributed by atoms with E-state index < -0.39 is 198 Å². The van der Waals surface area contributed by atoms with Crippen molar-refractivity contribution >= 4 is 35.1 Å². The van der Waals surface area contributed by atoms with Gasteiger partial charge >= 0.3 is 11.9 Å². The van der Waals surface area contributed by atoms with E-state index in [0.29, 0.717) is 0 Å². The molecule has 28 heteroatoms. The van der Waals surface area contributed by atoms with Crippen LogP contribution in [-0.4, -0.2) is 206 Å². The average Bonchev–Trinajstić information content (AvgIpc) is 3.50. The van der Waals surface area contributed by atoms with Crippen molar-refractivity contribution in [1.82, 2.24) is 0 Å². The molecule has 0 spiro atoms. The molecule has 1 aromatic heterocycles. The zero-order valence-electron chi connectivity index (χ0n) is 40.5. The number of phenols is 7. The zero-order chi connectivity index (χ0) is 57.1. The van der Waals surface area contributed by atoms with E-state index in [-0.39, 0.29) is 16.7 Å². The number of fused-ring (bicyclic) bond motifs is 1. The first-order valence-corrected chi connectivity index (χ1v) is 23.6. The lowest BCUT2D eigenvalue weighted by Gasteiger charge is -2.46. The van der Waals surface area contributed by atoms with Gasteiger partial charge in [-0.1, -0.05) is 12.1 Å². The maximum atomic E-state index is 14.8. The summed E-state index contributed by atoms with van der Waals surface area (Å²) in [6.45, 7) is -2.91. The fourth-order valence-corrected chi connectivity index (χ4v) is 8.52. The van der Waals surface area contributed by atoms with Gasteiger partial charge in [0.25, 0.3) is 0 Å². The van der Waals surface area contributed by atoms with Crippen molar-refractivity contribution < 1.29 is 134 Å². The third kappa shape index (κ3) is 12.3. The molecule has 16 N–H and O–H groups in total. The number of carbonyl (C=O) groups is 2. The summed E-state index contributed by atoms with van der Waals surface area (Å²) in [4.78, 5) is 41.0. The highest BCUT2D eigenvalue weighted by atomic mass is 16.8. The van der Waals surface area contributed by atoms with Crippen LogP contribution in [-0.2, 0) is 38.0 Å². The first-order valence-electron chi connectivity index (χ1n) is 23.6. The van der Waals surface area contributed by atoms with Gasteiger partial charge in [-0.15, -0.1) is 0 Å². The van der Waals surface area contributed by atoms with E-state index in [1.165, 1.54) is 18.2 Å². The Morgan fingerprint density at radius 2 is 0.937 bits per heavy atom. The number of hydrogen-bond donors (Lipinski definition) is 16. The number of rotatable bonds is 16. The van der Waals surface area contributed by atoms with Crippen LogP contribution in [0, 0.1) is 0 Å². The van der Waals surface area contributed by atoms with Gasteiger partial charge in [-0.25, -0.2) is 9.59 Å². The highest BCUT2D eigenvalue weighted by Crippen LogP contribution is 2.41. The first kappa shape index (κ1) is 57.4. The number of benzene rings is 4. The molecule has 3 saturated heterocycles. The van der Waals surface area contributed by atoms with Crippen LogP contribution >= 0.6 is 0 Å². The summed E-state index contributed by atoms with van der Waals surface area (Å²) < 4.78 is 51.9.